The molecule has 0 unspecified atom stereocenters. The van der Waals surface area contributed by atoms with Crippen LogP contribution in [0.5, 0.6) is 0 Å². The summed E-state index contributed by atoms with van der Waals surface area (Å²) in [4.78, 5) is 14.6. The maximum atomic E-state index is 12.6. The predicted molar refractivity (Wildman–Crippen MR) is 134 cm³/mol. The average Bonchev–Trinajstić information content (AvgIpc) is 3.47. The zero-order chi connectivity index (χ0) is 23.5. The molecule has 0 fully saturated rings. The highest BCUT2D eigenvalue weighted by Gasteiger charge is 2.19. The Morgan fingerprint density at radius 1 is 0.912 bits per heavy atom. The fourth-order valence-corrected chi connectivity index (χ4v) is 4.23. The third-order valence-electron chi connectivity index (χ3n) is 5.17. The SMILES string of the molecule is CN(C)c1ccc(NC(=O)CSc2nnc(-n3nnc4ccccc43)n2-c2ccccc2)cc1. The van der Waals surface area contributed by atoms with Gasteiger partial charge < -0.3 is 10.2 Å². The lowest BCUT2D eigenvalue weighted by Gasteiger charge is -2.13. The van der Waals surface area contributed by atoms with Gasteiger partial charge in [0, 0.05) is 25.5 Å². The summed E-state index contributed by atoms with van der Waals surface area (Å²) < 4.78 is 3.54. The van der Waals surface area contributed by atoms with Crippen LogP contribution in [0.3, 0.4) is 0 Å². The number of amides is 1. The molecule has 1 N–H and O–H groups in total. The maximum absolute atomic E-state index is 12.6. The Kier molecular flexibility index (Phi) is 5.96. The molecule has 0 saturated heterocycles. The molecule has 0 spiro atoms. The molecular weight excluding hydrogens is 448 g/mol. The molecule has 0 aliphatic carbocycles. The Labute approximate surface area is 200 Å². The molecule has 0 saturated carbocycles. The third-order valence-corrected chi connectivity index (χ3v) is 6.10. The molecule has 0 radical (unpaired) electrons. The van der Waals surface area contributed by atoms with Crippen molar-refractivity contribution >= 4 is 40.1 Å². The largest absolute Gasteiger partial charge is 0.378 e. The summed E-state index contributed by atoms with van der Waals surface area (Å²) in [6, 6.07) is 25.1. The van der Waals surface area contributed by atoms with E-state index in [9.17, 15) is 4.79 Å². The van der Waals surface area contributed by atoms with Crippen LogP contribution in [0, 0.1) is 0 Å². The first-order valence-electron chi connectivity index (χ1n) is 10.6. The number of carbonyl (C=O) groups is 1. The Balaban J connectivity index is 1.40. The van der Waals surface area contributed by atoms with E-state index >= 15 is 0 Å². The van der Waals surface area contributed by atoms with Crippen molar-refractivity contribution in [2.75, 3.05) is 30.1 Å². The molecule has 0 bridgehead atoms. The van der Waals surface area contributed by atoms with E-state index in [0.717, 1.165) is 28.1 Å². The van der Waals surface area contributed by atoms with Crippen LogP contribution in [0.4, 0.5) is 11.4 Å². The second kappa shape index (κ2) is 9.36. The number of nitrogens with zero attached hydrogens (tertiary/aromatic N) is 7. The number of nitrogens with one attached hydrogen (secondary N) is 1. The maximum Gasteiger partial charge on any atom is 0.259 e. The number of thioether (sulfide) groups is 1. The van der Waals surface area contributed by atoms with Crippen LogP contribution in [-0.2, 0) is 4.79 Å². The first-order valence-corrected chi connectivity index (χ1v) is 11.6. The molecule has 1 amide bonds. The van der Waals surface area contributed by atoms with Crippen LogP contribution in [0.2, 0.25) is 0 Å². The van der Waals surface area contributed by atoms with Crippen molar-refractivity contribution in [3.63, 3.8) is 0 Å². The molecular formula is C24H22N8OS. The van der Waals surface area contributed by atoms with Crippen molar-refractivity contribution in [2.24, 2.45) is 0 Å². The lowest BCUT2D eigenvalue weighted by Crippen LogP contribution is -2.15. The topological polar surface area (TPSA) is 93.8 Å². The number of hydrogen-bond acceptors (Lipinski definition) is 7. The van der Waals surface area contributed by atoms with Gasteiger partial charge in [0.25, 0.3) is 5.95 Å². The Hall–Kier alpha value is -4.18. The smallest absolute Gasteiger partial charge is 0.259 e. The van der Waals surface area contributed by atoms with Gasteiger partial charge in [-0.25, -0.2) is 0 Å². The number of hydrogen-bond donors (Lipinski definition) is 1. The number of fused-ring (bicyclic) bond motifs is 1. The van der Waals surface area contributed by atoms with Crippen LogP contribution in [0.15, 0.2) is 84.0 Å². The molecule has 0 aliphatic rings. The summed E-state index contributed by atoms with van der Waals surface area (Å²) in [5.74, 6) is 0.554. The molecule has 0 atom stereocenters. The normalized spacial score (nSPS) is 11.0. The van der Waals surface area contributed by atoms with Gasteiger partial charge in [-0.1, -0.05) is 47.3 Å². The van der Waals surface area contributed by atoms with E-state index in [-0.39, 0.29) is 11.7 Å². The summed E-state index contributed by atoms with van der Waals surface area (Å²) in [5.41, 5.74) is 4.26. The minimum Gasteiger partial charge on any atom is -0.378 e. The van der Waals surface area contributed by atoms with Gasteiger partial charge in [-0.2, -0.15) is 4.68 Å². The van der Waals surface area contributed by atoms with Gasteiger partial charge in [0.05, 0.1) is 17.0 Å². The summed E-state index contributed by atoms with van der Waals surface area (Å²) >= 11 is 1.31. The van der Waals surface area contributed by atoms with Crippen LogP contribution < -0.4 is 10.2 Å². The lowest BCUT2D eigenvalue weighted by molar-refractivity contribution is -0.113. The summed E-state index contributed by atoms with van der Waals surface area (Å²) in [7, 11) is 3.95. The summed E-state index contributed by atoms with van der Waals surface area (Å²) in [5, 5.41) is 20.8. The fourth-order valence-electron chi connectivity index (χ4n) is 3.48. The fraction of sp³-hybridized carbons (Fsp3) is 0.125. The number of aromatic nitrogens is 6. The van der Waals surface area contributed by atoms with Crippen molar-refractivity contribution in [1.82, 2.24) is 29.8 Å². The molecule has 3 aromatic carbocycles. The van der Waals surface area contributed by atoms with Crippen molar-refractivity contribution in [3.05, 3.63) is 78.9 Å². The Bertz CT molecular complexity index is 1430. The van der Waals surface area contributed by atoms with E-state index < -0.39 is 0 Å². The van der Waals surface area contributed by atoms with E-state index in [2.05, 4.69) is 25.8 Å². The number of carbonyl (C=O) groups excluding carboxylic acids is 1. The van der Waals surface area contributed by atoms with E-state index in [4.69, 9.17) is 0 Å². The molecule has 10 heteroatoms. The van der Waals surface area contributed by atoms with Crippen LogP contribution in [0.25, 0.3) is 22.7 Å². The van der Waals surface area contributed by atoms with E-state index in [1.165, 1.54) is 11.8 Å². The first kappa shape index (κ1) is 21.7. The zero-order valence-electron chi connectivity index (χ0n) is 18.7. The lowest BCUT2D eigenvalue weighted by atomic mass is 10.2. The second-order valence-electron chi connectivity index (χ2n) is 7.72. The monoisotopic (exact) mass is 470 g/mol. The molecule has 34 heavy (non-hydrogen) atoms. The predicted octanol–water partition coefficient (Wildman–Crippen LogP) is 3.80. The van der Waals surface area contributed by atoms with Crippen molar-refractivity contribution in [2.45, 2.75) is 5.16 Å². The first-order chi connectivity index (χ1) is 16.6. The van der Waals surface area contributed by atoms with Crippen molar-refractivity contribution in [1.29, 1.82) is 0 Å². The van der Waals surface area contributed by atoms with E-state index in [0.29, 0.717) is 11.1 Å². The molecule has 5 rings (SSSR count). The summed E-state index contributed by atoms with van der Waals surface area (Å²) in [6.45, 7) is 0. The average molecular weight is 471 g/mol. The van der Waals surface area contributed by atoms with Gasteiger partial charge in [0.15, 0.2) is 5.16 Å². The van der Waals surface area contributed by atoms with Crippen LogP contribution in [-0.4, -0.2) is 55.5 Å². The van der Waals surface area contributed by atoms with Gasteiger partial charge in [-0.15, -0.1) is 15.3 Å². The third kappa shape index (κ3) is 4.35. The highest BCUT2D eigenvalue weighted by molar-refractivity contribution is 7.99. The van der Waals surface area contributed by atoms with E-state index in [1.54, 1.807) is 4.68 Å². The highest BCUT2D eigenvalue weighted by Crippen LogP contribution is 2.25. The van der Waals surface area contributed by atoms with Crippen LogP contribution in [0.1, 0.15) is 0 Å². The number of rotatable bonds is 7. The van der Waals surface area contributed by atoms with Gasteiger partial charge in [0.1, 0.15) is 5.52 Å². The number of benzene rings is 3. The molecule has 170 valence electrons. The highest BCUT2D eigenvalue weighted by atomic mass is 32.2. The van der Waals surface area contributed by atoms with Gasteiger partial charge >= 0.3 is 0 Å². The molecule has 2 heterocycles. The van der Waals surface area contributed by atoms with Gasteiger partial charge in [0.2, 0.25) is 5.91 Å². The Morgan fingerprint density at radius 3 is 2.41 bits per heavy atom. The van der Waals surface area contributed by atoms with Gasteiger partial charge in [-0.3, -0.25) is 9.36 Å². The minimum atomic E-state index is -0.127. The number of para-hydroxylation sites is 2. The molecule has 2 aromatic heterocycles. The molecule has 0 aliphatic heterocycles. The minimum absolute atomic E-state index is 0.127. The van der Waals surface area contributed by atoms with Crippen molar-refractivity contribution in [3.8, 4) is 11.6 Å². The second-order valence-corrected chi connectivity index (χ2v) is 8.66. The van der Waals surface area contributed by atoms with Crippen LogP contribution >= 0.6 is 11.8 Å². The Morgan fingerprint density at radius 2 is 1.65 bits per heavy atom. The van der Waals surface area contributed by atoms with Gasteiger partial charge in [-0.05, 0) is 48.5 Å². The quantitative estimate of drug-likeness (QED) is 0.362. The summed E-state index contributed by atoms with van der Waals surface area (Å²) in [6.07, 6.45) is 0. The van der Waals surface area contributed by atoms with E-state index in [1.807, 2.05) is 102 Å². The standard InChI is InChI=1S/C24H22N8OS/c1-30(2)18-14-12-17(13-15-18)25-22(33)16-34-24-28-27-23(31(24)19-8-4-3-5-9-19)32-21-11-7-6-10-20(21)26-29-32/h3-15H,16H2,1-2H3,(H,25,33). The molecule has 9 nitrogen and oxygen atoms in total. The molecule has 5 aromatic rings. The number of anilines is 2. The zero-order valence-corrected chi connectivity index (χ0v) is 19.5. The van der Waals surface area contributed by atoms with Crippen molar-refractivity contribution < 1.29 is 4.79 Å².